The molecule has 23 heavy (non-hydrogen) atoms. The molecule has 0 saturated carbocycles. The third-order valence-corrected chi connectivity index (χ3v) is 4.91. The van der Waals surface area contributed by atoms with Crippen molar-refractivity contribution in [1.29, 1.82) is 0 Å². The monoisotopic (exact) mass is 325 g/mol. The number of hydrogen-bond acceptors (Lipinski definition) is 3. The maximum atomic E-state index is 4.32. The van der Waals surface area contributed by atoms with Crippen LogP contribution in [0.5, 0.6) is 0 Å². The normalized spacial score (nSPS) is 20.3. The summed E-state index contributed by atoms with van der Waals surface area (Å²) < 4.78 is 0. The molecule has 1 aliphatic heterocycles. The lowest BCUT2D eigenvalue weighted by Crippen LogP contribution is -2.44. The van der Waals surface area contributed by atoms with Gasteiger partial charge in [0.2, 0.25) is 0 Å². The summed E-state index contributed by atoms with van der Waals surface area (Å²) in [6.07, 6.45) is 5.31. The maximum absolute atomic E-state index is 4.32. The molecule has 1 fully saturated rings. The Balaban J connectivity index is 2.14. The number of hydrogen-bond donors (Lipinski definition) is 2. The largest absolute Gasteiger partial charge is 0.356 e. The number of nitrogens with zero attached hydrogens (tertiary/aromatic N) is 3. The predicted octanol–water partition coefficient (Wildman–Crippen LogP) is 2.15. The van der Waals surface area contributed by atoms with Gasteiger partial charge in [0, 0.05) is 45.3 Å². The van der Waals surface area contributed by atoms with Crippen LogP contribution in [0, 0.1) is 0 Å². The topological polar surface area (TPSA) is 42.9 Å². The highest BCUT2D eigenvalue weighted by molar-refractivity contribution is 5.79. The van der Waals surface area contributed by atoms with Crippen molar-refractivity contribution in [2.75, 3.05) is 46.3 Å². The van der Waals surface area contributed by atoms with Crippen LogP contribution in [0.4, 0.5) is 0 Å². The summed E-state index contributed by atoms with van der Waals surface area (Å²) in [5.41, 5.74) is 0. The molecule has 0 aromatic rings. The third kappa shape index (κ3) is 8.02. The Morgan fingerprint density at radius 3 is 2.61 bits per heavy atom. The van der Waals surface area contributed by atoms with Crippen LogP contribution in [0.2, 0.25) is 0 Å². The van der Waals surface area contributed by atoms with Crippen LogP contribution in [0.15, 0.2) is 4.99 Å². The molecule has 5 nitrogen and oxygen atoms in total. The first-order valence-electron chi connectivity index (χ1n) is 9.51. The van der Waals surface area contributed by atoms with Crippen molar-refractivity contribution in [3.8, 4) is 0 Å². The number of nitrogens with one attached hydrogen (secondary N) is 2. The van der Waals surface area contributed by atoms with E-state index in [0.717, 1.165) is 38.2 Å². The van der Waals surface area contributed by atoms with Crippen LogP contribution >= 0.6 is 0 Å². The van der Waals surface area contributed by atoms with Crippen LogP contribution in [0.1, 0.15) is 53.4 Å². The second-order valence-corrected chi connectivity index (χ2v) is 6.88. The van der Waals surface area contributed by atoms with Crippen molar-refractivity contribution in [2.45, 2.75) is 65.5 Å². The number of guanidine groups is 1. The van der Waals surface area contributed by atoms with Crippen LogP contribution < -0.4 is 10.6 Å². The Bertz CT molecular complexity index is 329. The van der Waals surface area contributed by atoms with Gasteiger partial charge in [-0.25, -0.2) is 0 Å². The first-order chi connectivity index (χ1) is 11.1. The van der Waals surface area contributed by atoms with Crippen molar-refractivity contribution in [3.05, 3.63) is 0 Å². The zero-order valence-corrected chi connectivity index (χ0v) is 16.1. The van der Waals surface area contributed by atoms with E-state index in [-0.39, 0.29) is 0 Å². The standard InChI is InChI=1S/C18H39N5/c1-6-22(16(2)3)15-12-21-18(19-5)20-11-9-14-23-13-8-7-10-17(23)4/h16-17H,6-15H2,1-5H3,(H2,19,20,21). The minimum atomic E-state index is 0.600. The first kappa shape index (κ1) is 20.2. The van der Waals surface area contributed by atoms with Crippen molar-refractivity contribution < 1.29 is 0 Å². The molecule has 1 saturated heterocycles. The first-order valence-corrected chi connectivity index (χ1v) is 9.51. The molecule has 0 radical (unpaired) electrons. The number of rotatable bonds is 9. The van der Waals surface area contributed by atoms with E-state index in [9.17, 15) is 0 Å². The molecular weight excluding hydrogens is 286 g/mol. The molecule has 1 unspecified atom stereocenters. The second kappa shape index (κ2) is 11.7. The van der Waals surface area contributed by atoms with E-state index in [2.05, 4.69) is 53.1 Å². The number of piperidine rings is 1. The second-order valence-electron chi connectivity index (χ2n) is 6.88. The highest BCUT2D eigenvalue weighted by atomic mass is 15.2. The summed E-state index contributed by atoms with van der Waals surface area (Å²) in [7, 11) is 1.85. The van der Waals surface area contributed by atoms with Crippen molar-refractivity contribution in [1.82, 2.24) is 20.4 Å². The maximum Gasteiger partial charge on any atom is 0.191 e. The van der Waals surface area contributed by atoms with Crippen molar-refractivity contribution >= 4 is 5.96 Å². The van der Waals surface area contributed by atoms with Gasteiger partial charge in [-0.3, -0.25) is 9.89 Å². The van der Waals surface area contributed by atoms with Gasteiger partial charge >= 0.3 is 0 Å². The smallest absolute Gasteiger partial charge is 0.191 e. The fourth-order valence-electron chi connectivity index (χ4n) is 3.30. The quantitative estimate of drug-likeness (QED) is 0.387. The fraction of sp³-hybridized carbons (Fsp3) is 0.944. The molecule has 1 aliphatic rings. The summed E-state index contributed by atoms with van der Waals surface area (Å²) in [6, 6.07) is 1.36. The van der Waals surface area contributed by atoms with E-state index >= 15 is 0 Å². The molecule has 1 heterocycles. The Hall–Kier alpha value is -0.810. The third-order valence-electron chi connectivity index (χ3n) is 4.91. The molecular formula is C18H39N5. The van der Waals surface area contributed by atoms with Crippen LogP contribution in [-0.4, -0.2) is 74.2 Å². The van der Waals surface area contributed by atoms with E-state index in [0.29, 0.717) is 6.04 Å². The average Bonchev–Trinajstić information content (AvgIpc) is 2.54. The Kier molecular flexibility index (Phi) is 10.3. The molecule has 0 aromatic heterocycles. The molecule has 5 heteroatoms. The van der Waals surface area contributed by atoms with Gasteiger partial charge in [-0.05, 0) is 53.1 Å². The van der Waals surface area contributed by atoms with E-state index in [4.69, 9.17) is 0 Å². The molecule has 2 N–H and O–H groups in total. The van der Waals surface area contributed by atoms with Gasteiger partial charge in [0.25, 0.3) is 0 Å². The number of likely N-dealkylation sites (N-methyl/N-ethyl adjacent to an activating group) is 1. The molecule has 136 valence electrons. The Morgan fingerprint density at radius 1 is 1.26 bits per heavy atom. The molecule has 1 atom stereocenters. The summed E-state index contributed by atoms with van der Waals surface area (Å²) >= 11 is 0. The van der Waals surface area contributed by atoms with Crippen LogP contribution in [-0.2, 0) is 0 Å². The van der Waals surface area contributed by atoms with E-state index in [1.54, 1.807) is 0 Å². The zero-order valence-electron chi connectivity index (χ0n) is 16.1. The lowest BCUT2D eigenvalue weighted by Gasteiger charge is -2.33. The fourth-order valence-corrected chi connectivity index (χ4v) is 3.30. The van der Waals surface area contributed by atoms with Crippen molar-refractivity contribution in [3.63, 3.8) is 0 Å². The van der Waals surface area contributed by atoms with Gasteiger partial charge in [-0.2, -0.15) is 0 Å². The molecule has 0 amide bonds. The highest BCUT2D eigenvalue weighted by Gasteiger charge is 2.17. The lowest BCUT2D eigenvalue weighted by atomic mass is 10.0. The summed E-state index contributed by atoms with van der Waals surface area (Å²) in [4.78, 5) is 9.40. The molecule has 1 rings (SSSR count). The van der Waals surface area contributed by atoms with E-state index < -0.39 is 0 Å². The molecule has 0 spiro atoms. The Labute approximate surface area is 143 Å². The molecule has 0 aromatic carbocycles. The van der Waals surface area contributed by atoms with Gasteiger partial charge in [0.15, 0.2) is 5.96 Å². The van der Waals surface area contributed by atoms with Gasteiger partial charge in [-0.15, -0.1) is 0 Å². The lowest BCUT2D eigenvalue weighted by molar-refractivity contribution is 0.159. The SMILES string of the molecule is CCN(CCNC(=NC)NCCCN1CCCCC1C)C(C)C. The van der Waals surface area contributed by atoms with Gasteiger partial charge in [-0.1, -0.05) is 13.3 Å². The van der Waals surface area contributed by atoms with Gasteiger partial charge in [0.05, 0.1) is 0 Å². The van der Waals surface area contributed by atoms with Gasteiger partial charge < -0.3 is 15.5 Å². The predicted molar refractivity (Wildman–Crippen MR) is 101 cm³/mol. The highest BCUT2D eigenvalue weighted by Crippen LogP contribution is 2.15. The number of likely N-dealkylation sites (tertiary alicyclic amines) is 1. The summed E-state index contributed by atoms with van der Waals surface area (Å²) in [5.74, 6) is 0.927. The minimum absolute atomic E-state index is 0.600. The van der Waals surface area contributed by atoms with Crippen LogP contribution in [0.3, 0.4) is 0 Å². The summed E-state index contributed by atoms with van der Waals surface area (Å²) in [5, 5.41) is 6.86. The zero-order chi connectivity index (χ0) is 17.1. The summed E-state index contributed by atoms with van der Waals surface area (Å²) in [6.45, 7) is 15.6. The van der Waals surface area contributed by atoms with Crippen molar-refractivity contribution in [2.24, 2.45) is 4.99 Å². The Morgan fingerprint density at radius 2 is 2.00 bits per heavy atom. The molecule has 0 bridgehead atoms. The van der Waals surface area contributed by atoms with Gasteiger partial charge in [0.1, 0.15) is 0 Å². The molecule has 0 aliphatic carbocycles. The van der Waals surface area contributed by atoms with E-state index in [1.807, 2.05) is 7.05 Å². The van der Waals surface area contributed by atoms with Crippen LogP contribution in [0.25, 0.3) is 0 Å². The number of aliphatic imine (C=N–C) groups is 1. The van der Waals surface area contributed by atoms with E-state index in [1.165, 1.54) is 38.8 Å². The average molecular weight is 326 g/mol. The minimum Gasteiger partial charge on any atom is -0.356 e.